The van der Waals surface area contributed by atoms with Crippen molar-refractivity contribution in [2.45, 2.75) is 24.7 Å². The van der Waals surface area contributed by atoms with Crippen molar-refractivity contribution in [2.24, 2.45) is 5.92 Å². The summed E-state index contributed by atoms with van der Waals surface area (Å²) in [7, 11) is -3.69. The van der Waals surface area contributed by atoms with Crippen LogP contribution in [0.5, 0.6) is 5.75 Å². The smallest absolute Gasteiger partial charge is 0.309 e. The molecule has 0 aromatic heterocycles. The van der Waals surface area contributed by atoms with E-state index in [1.165, 1.54) is 16.4 Å². The number of carbonyl (C=O) groups excluding carboxylic acids is 1. The van der Waals surface area contributed by atoms with Crippen LogP contribution in [0.25, 0.3) is 0 Å². The van der Waals surface area contributed by atoms with Crippen LogP contribution in [0.2, 0.25) is 0 Å². The van der Waals surface area contributed by atoms with Crippen molar-refractivity contribution in [3.05, 3.63) is 59.9 Å². The molecule has 0 bridgehead atoms. The van der Waals surface area contributed by atoms with E-state index in [4.69, 9.17) is 9.47 Å². The average Bonchev–Trinajstić information content (AvgIpc) is 2.72. The van der Waals surface area contributed by atoms with E-state index < -0.39 is 15.8 Å². The molecule has 0 radical (unpaired) electrons. The first kappa shape index (κ1) is 21.3. The molecule has 0 spiro atoms. The van der Waals surface area contributed by atoms with Crippen LogP contribution in [-0.4, -0.2) is 45.0 Å². The Balaban J connectivity index is 1.44. The van der Waals surface area contributed by atoms with Gasteiger partial charge in [0.2, 0.25) is 10.0 Å². The molecule has 0 saturated carbocycles. The fourth-order valence-electron chi connectivity index (χ4n) is 3.22. The highest BCUT2D eigenvalue weighted by Gasteiger charge is 2.32. The molecule has 3 rings (SSSR count). The number of ether oxygens (including phenoxy) is 2. The van der Waals surface area contributed by atoms with Crippen LogP contribution in [0, 0.1) is 18.7 Å². The van der Waals surface area contributed by atoms with E-state index in [-0.39, 0.29) is 43.1 Å². The van der Waals surface area contributed by atoms with Gasteiger partial charge in [-0.3, -0.25) is 4.79 Å². The van der Waals surface area contributed by atoms with E-state index in [1.54, 1.807) is 0 Å². The predicted molar refractivity (Wildman–Crippen MR) is 106 cm³/mol. The number of halogens is 1. The van der Waals surface area contributed by atoms with Crippen LogP contribution in [0.3, 0.4) is 0 Å². The van der Waals surface area contributed by atoms with Crippen LogP contribution < -0.4 is 4.74 Å². The Morgan fingerprint density at radius 1 is 1.07 bits per heavy atom. The number of hydrogen-bond acceptors (Lipinski definition) is 5. The lowest BCUT2D eigenvalue weighted by atomic mass is 9.98. The molecular formula is C21H24FNO5S. The monoisotopic (exact) mass is 421 g/mol. The summed E-state index contributed by atoms with van der Waals surface area (Å²) in [6.45, 7) is 2.78. The Morgan fingerprint density at radius 3 is 2.38 bits per heavy atom. The SMILES string of the molecule is Cc1ccccc1OCCOC(=O)C1CCN(S(=O)(=O)c2ccc(F)cc2)CC1. The molecule has 2 aromatic carbocycles. The van der Waals surface area contributed by atoms with Gasteiger partial charge in [-0.05, 0) is 55.7 Å². The Kier molecular flexibility index (Phi) is 6.87. The molecule has 0 aliphatic carbocycles. The van der Waals surface area contributed by atoms with Crippen LogP contribution in [0.4, 0.5) is 4.39 Å². The number of para-hydroxylation sites is 1. The first-order valence-corrected chi connectivity index (χ1v) is 10.9. The van der Waals surface area contributed by atoms with Gasteiger partial charge in [0, 0.05) is 13.1 Å². The molecule has 0 unspecified atom stereocenters. The van der Waals surface area contributed by atoms with Gasteiger partial charge in [0.25, 0.3) is 0 Å². The molecule has 29 heavy (non-hydrogen) atoms. The number of nitrogens with zero attached hydrogens (tertiary/aromatic N) is 1. The fourth-order valence-corrected chi connectivity index (χ4v) is 4.69. The van der Waals surface area contributed by atoms with E-state index in [1.807, 2.05) is 31.2 Å². The molecule has 1 heterocycles. The number of benzene rings is 2. The minimum absolute atomic E-state index is 0.0493. The lowest BCUT2D eigenvalue weighted by molar-refractivity contribution is -0.150. The van der Waals surface area contributed by atoms with Crippen molar-refractivity contribution >= 4 is 16.0 Å². The molecule has 2 aromatic rings. The molecule has 156 valence electrons. The molecule has 1 aliphatic rings. The van der Waals surface area contributed by atoms with Gasteiger partial charge >= 0.3 is 5.97 Å². The third-order valence-corrected chi connectivity index (χ3v) is 6.83. The van der Waals surface area contributed by atoms with Gasteiger partial charge in [-0.1, -0.05) is 18.2 Å². The summed E-state index contributed by atoms with van der Waals surface area (Å²) in [6.07, 6.45) is 0.774. The summed E-state index contributed by atoms with van der Waals surface area (Å²) in [5, 5.41) is 0. The topological polar surface area (TPSA) is 72.9 Å². The van der Waals surface area contributed by atoms with Crippen molar-refractivity contribution in [3.63, 3.8) is 0 Å². The Bertz CT molecular complexity index is 938. The average molecular weight is 421 g/mol. The number of aryl methyl sites for hydroxylation is 1. The van der Waals surface area contributed by atoms with Crippen molar-refractivity contribution in [1.29, 1.82) is 0 Å². The van der Waals surface area contributed by atoms with Crippen molar-refractivity contribution < 1.29 is 27.1 Å². The van der Waals surface area contributed by atoms with Gasteiger partial charge in [-0.2, -0.15) is 4.31 Å². The molecule has 0 atom stereocenters. The molecule has 8 heteroatoms. The zero-order valence-corrected chi connectivity index (χ0v) is 17.0. The largest absolute Gasteiger partial charge is 0.490 e. The van der Waals surface area contributed by atoms with Gasteiger partial charge in [0.1, 0.15) is 24.8 Å². The number of piperidine rings is 1. The molecular weight excluding hydrogens is 397 g/mol. The number of carbonyl (C=O) groups is 1. The first-order valence-electron chi connectivity index (χ1n) is 9.49. The normalized spacial score (nSPS) is 15.8. The number of rotatable bonds is 7. The standard InChI is InChI=1S/C21H24FNO5S/c1-16-4-2-3-5-20(16)27-14-15-28-21(24)17-10-12-23(13-11-17)29(25,26)19-8-6-18(22)7-9-19/h2-9,17H,10-15H2,1H3. The fraction of sp³-hybridized carbons (Fsp3) is 0.381. The number of esters is 1. The Labute approximate surface area is 170 Å². The van der Waals surface area contributed by atoms with Crippen LogP contribution in [-0.2, 0) is 19.6 Å². The second-order valence-electron chi connectivity index (χ2n) is 6.91. The van der Waals surface area contributed by atoms with Crippen molar-refractivity contribution in [3.8, 4) is 5.75 Å². The minimum atomic E-state index is -3.69. The van der Waals surface area contributed by atoms with E-state index in [9.17, 15) is 17.6 Å². The van der Waals surface area contributed by atoms with Gasteiger partial charge in [0.15, 0.2) is 0 Å². The second kappa shape index (κ2) is 9.37. The molecule has 0 N–H and O–H groups in total. The minimum Gasteiger partial charge on any atom is -0.490 e. The van der Waals surface area contributed by atoms with Crippen LogP contribution in [0.1, 0.15) is 18.4 Å². The van der Waals surface area contributed by atoms with E-state index in [0.29, 0.717) is 12.8 Å². The van der Waals surface area contributed by atoms with E-state index in [2.05, 4.69) is 0 Å². The zero-order chi connectivity index (χ0) is 20.9. The van der Waals surface area contributed by atoms with Crippen molar-refractivity contribution in [2.75, 3.05) is 26.3 Å². The second-order valence-corrected chi connectivity index (χ2v) is 8.85. The van der Waals surface area contributed by atoms with Gasteiger partial charge in [-0.25, -0.2) is 12.8 Å². The van der Waals surface area contributed by atoms with Crippen molar-refractivity contribution in [1.82, 2.24) is 4.31 Å². The maximum atomic E-state index is 13.0. The zero-order valence-electron chi connectivity index (χ0n) is 16.2. The summed E-state index contributed by atoms with van der Waals surface area (Å²) < 4.78 is 50.5. The Hall–Kier alpha value is -2.45. The lowest BCUT2D eigenvalue weighted by Gasteiger charge is -2.30. The predicted octanol–water partition coefficient (Wildman–Crippen LogP) is 3.16. The molecule has 1 saturated heterocycles. The number of hydrogen-bond donors (Lipinski definition) is 0. The summed E-state index contributed by atoms with van der Waals surface area (Å²) >= 11 is 0. The van der Waals surface area contributed by atoms with Crippen LogP contribution in [0.15, 0.2) is 53.4 Å². The highest BCUT2D eigenvalue weighted by atomic mass is 32.2. The third kappa shape index (κ3) is 5.33. The Morgan fingerprint density at radius 2 is 1.72 bits per heavy atom. The van der Waals surface area contributed by atoms with Gasteiger partial charge in [0.05, 0.1) is 10.8 Å². The third-order valence-electron chi connectivity index (χ3n) is 4.92. The molecule has 0 amide bonds. The van der Waals surface area contributed by atoms with Gasteiger partial charge < -0.3 is 9.47 Å². The summed E-state index contributed by atoms with van der Waals surface area (Å²) in [6, 6.07) is 12.3. The molecule has 1 fully saturated rings. The summed E-state index contributed by atoms with van der Waals surface area (Å²) in [5.74, 6) is -0.412. The maximum Gasteiger partial charge on any atom is 0.309 e. The highest BCUT2D eigenvalue weighted by Crippen LogP contribution is 2.25. The highest BCUT2D eigenvalue weighted by molar-refractivity contribution is 7.89. The van der Waals surface area contributed by atoms with E-state index in [0.717, 1.165) is 23.4 Å². The maximum absolute atomic E-state index is 13.0. The van der Waals surface area contributed by atoms with Gasteiger partial charge in [-0.15, -0.1) is 0 Å². The van der Waals surface area contributed by atoms with E-state index >= 15 is 0 Å². The quantitative estimate of drug-likeness (QED) is 0.507. The lowest BCUT2D eigenvalue weighted by Crippen LogP contribution is -2.40. The summed E-state index contributed by atoms with van der Waals surface area (Å²) in [5.41, 5.74) is 1.01. The summed E-state index contributed by atoms with van der Waals surface area (Å²) in [4.78, 5) is 12.3. The van der Waals surface area contributed by atoms with Crippen LogP contribution >= 0.6 is 0 Å². The molecule has 6 nitrogen and oxygen atoms in total. The first-order chi connectivity index (χ1) is 13.9. The molecule has 1 aliphatic heterocycles. The number of sulfonamides is 1.